The molecule has 3 aromatic carbocycles. The Morgan fingerprint density at radius 3 is 2.24 bits per heavy atom. The first-order chi connectivity index (χ1) is 15.8. The molecule has 0 radical (unpaired) electrons. The molecule has 0 aliphatic carbocycles. The van der Waals surface area contributed by atoms with E-state index in [9.17, 15) is 17.6 Å². The third-order valence-corrected chi connectivity index (χ3v) is 6.81. The van der Waals surface area contributed by atoms with Crippen molar-refractivity contribution in [3.63, 3.8) is 0 Å². The van der Waals surface area contributed by atoms with E-state index >= 15 is 0 Å². The highest BCUT2D eigenvalue weighted by molar-refractivity contribution is 7.92. The van der Waals surface area contributed by atoms with Gasteiger partial charge in [0.1, 0.15) is 18.1 Å². The van der Waals surface area contributed by atoms with Crippen LogP contribution in [-0.4, -0.2) is 34.0 Å². The number of sulfonamides is 1. The minimum absolute atomic E-state index is 0.119. The van der Waals surface area contributed by atoms with E-state index in [1.807, 2.05) is 19.1 Å². The summed E-state index contributed by atoms with van der Waals surface area (Å²) in [5.41, 5.74) is 1.28. The average Bonchev–Trinajstić information content (AvgIpc) is 2.80. The van der Waals surface area contributed by atoms with E-state index in [-0.39, 0.29) is 10.6 Å². The predicted octanol–water partition coefficient (Wildman–Crippen LogP) is 4.43. The molecule has 0 spiro atoms. The Kier molecular flexibility index (Phi) is 8.30. The number of carbonyl (C=O) groups excluding carboxylic acids is 1. The first kappa shape index (κ1) is 24.5. The van der Waals surface area contributed by atoms with Crippen molar-refractivity contribution >= 4 is 33.2 Å². The maximum Gasteiger partial charge on any atom is 0.264 e. The number of carbonyl (C=O) groups is 1. The van der Waals surface area contributed by atoms with E-state index < -0.39 is 28.3 Å². The smallest absolute Gasteiger partial charge is 0.264 e. The molecule has 0 heterocycles. The molecule has 0 atom stereocenters. The summed E-state index contributed by atoms with van der Waals surface area (Å²) < 4.78 is 46.3. The fourth-order valence-electron chi connectivity index (χ4n) is 3.11. The standard InChI is InChI=1S/C24H24ClFN2O4S/c1-2-32-22-11-9-21(10-12-22)28(33(30,31)23-13-7-20(26)8-14-23)17-24(29)27-16-15-18-3-5-19(25)6-4-18/h3-14H,2,15-17H2,1H3,(H,27,29). The Morgan fingerprint density at radius 1 is 1.00 bits per heavy atom. The zero-order chi connectivity index (χ0) is 23.8. The lowest BCUT2D eigenvalue weighted by Gasteiger charge is -2.24. The van der Waals surface area contributed by atoms with E-state index in [1.54, 1.807) is 36.4 Å². The number of nitrogens with zero attached hydrogens (tertiary/aromatic N) is 1. The quantitative estimate of drug-likeness (QED) is 0.456. The Labute approximate surface area is 198 Å². The van der Waals surface area contributed by atoms with Crippen molar-refractivity contribution in [2.75, 3.05) is 24.0 Å². The Morgan fingerprint density at radius 2 is 1.64 bits per heavy atom. The van der Waals surface area contributed by atoms with Crippen LogP contribution in [0.2, 0.25) is 5.02 Å². The molecule has 0 saturated carbocycles. The van der Waals surface area contributed by atoms with Crippen LogP contribution in [0.3, 0.4) is 0 Å². The molecule has 0 aromatic heterocycles. The first-order valence-corrected chi connectivity index (χ1v) is 12.1. The monoisotopic (exact) mass is 490 g/mol. The number of ether oxygens (including phenoxy) is 1. The van der Waals surface area contributed by atoms with Gasteiger partial charge in [0.05, 0.1) is 17.2 Å². The van der Waals surface area contributed by atoms with Crippen LogP contribution in [0.5, 0.6) is 5.75 Å². The summed E-state index contributed by atoms with van der Waals surface area (Å²) in [6.45, 7) is 2.20. The van der Waals surface area contributed by atoms with Gasteiger partial charge in [-0.15, -0.1) is 0 Å². The molecule has 0 fully saturated rings. The number of hydrogen-bond donors (Lipinski definition) is 1. The zero-order valence-electron chi connectivity index (χ0n) is 18.0. The normalized spacial score (nSPS) is 11.1. The lowest BCUT2D eigenvalue weighted by molar-refractivity contribution is -0.119. The molecule has 6 nitrogen and oxygen atoms in total. The van der Waals surface area contributed by atoms with Gasteiger partial charge in [-0.3, -0.25) is 9.10 Å². The zero-order valence-corrected chi connectivity index (χ0v) is 19.6. The first-order valence-electron chi connectivity index (χ1n) is 10.3. The molecule has 0 bridgehead atoms. The lowest BCUT2D eigenvalue weighted by Crippen LogP contribution is -2.41. The van der Waals surface area contributed by atoms with Gasteiger partial charge in [-0.25, -0.2) is 12.8 Å². The highest BCUT2D eigenvalue weighted by Crippen LogP contribution is 2.26. The van der Waals surface area contributed by atoms with Crippen LogP contribution in [0.1, 0.15) is 12.5 Å². The van der Waals surface area contributed by atoms with Crippen molar-refractivity contribution < 1.29 is 22.3 Å². The van der Waals surface area contributed by atoms with E-state index in [4.69, 9.17) is 16.3 Å². The van der Waals surface area contributed by atoms with Gasteiger partial charge in [-0.1, -0.05) is 23.7 Å². The highest BCUT2D eigenvalue weighted by atomic mass is 35.5. The maximum absolute atomic E-state index is 13.3. The number of halogens is 2. The molecule has 0 aliphatic rings. The summed E-state index contributed by atoms with van der Waals surface area (Å²) in [5.74, 6) is -0.446. The third kappa shape index (κ3) is 6.69. The molecule has 0 aliphatic heterocycles. The molecule has 1 amide bonds. The van der Waals surface area contributed by atoms with Crippen LogP contribution in [0.4, 0.5) is 10.1 Å². The number of hydrogen-bond acceptors (Lipinski definition) is 4. The van der Waals surface area contributed by atoms with Crippen molar-refractivity contribution in [1.29, 1.82) is 0 Å². The van der Waals surface area contributed by atoms with Gasteiger partial charge >= 0.3 is 0 Å². The lowest BCUT2D eigenvalue weighted by atomic mass is 10.1. The molecule has 0 saturated heterocycles. The van der Waals surface area contributed by atoms with Gasteiger partial charge in [-0.2, -0.15) is 0 Å². The van der Waals surface area contributed by atoms with Crippen molar-refractivity contribution in [3.05, 3.63) is 89.2 Å². The number of amides is 1. The second-order valence-corrected chi connectivity index (χ2v) is 9.42. The number of benzene rings is 3. The van der Waals surface area contributed by atoms with Crippen molar-refractivity contribution in [2.45, 2.75) is 18.2 Å². The molecule has 33 heavy (non-hydrogen) atoms. The van der Waals surface area contributed by atoms with Crippen LogP contribution in [-0.2, 0) is 21.2 Å². The van der Waals surface area contributed by atoms with E-state index in [2.05, 4.69) is 5.32 Å². The van der Waals surface area contributed by atoms with E-state index in [0.29, 0.717) is 30.3 Å². The Bertz CT molecular complexity index is 1170. The summed E-state index contributed by atoms with van der Waals surface area (Å²) >= 11 is 5.88. The third-order valence-electron chi connectivity index (χ3n) is 4.77. The fourth-order valence-corrected chi connectivity index (χ4v) is 4.65. The van der Waals surface area contributed by atoms with Gasteiger partial charge in [0, 0.05) is 11.6 Å². The van der Waals surface area contributed by atoms with Crippen LogP contribution >= 0.6 is 11.6 Å². The van der Waals surface area contributed by atoms with Crippen molar-refractivity contribution in [2.24, 2.45) is 0 Å². The number of rotatable bonds is 10. The average molecular weight is 491 g/mol. The van der Waals surface area contributed by atoms with E-state index in [1.165, 1.54) is 12.1 Å². The van der Waals surface area contributed by atoms with Crippen LogP contribution in [0.15, 0.2) is 77.7 Å². The minimum atomic E-state index is -4.12. The van der Waals surface area contributed by atoms with Gasteiger partial charge in [0.15, 0.2) is 0 Å². The molecule has 0 unspecified atom stereocenters. The number of anilines is 1. The second-order valence-electron chi connectivity index (χ2n) is 7.12. The summed E-state index contributed by atoms with van der Waals surface area (Å²) in [6, 6.07) is 18.1. The summed E-state index contributed by atoms with van der Waals surface area (Å²) in [4.78, 5) is 12.5. The highest BCUT2D eigenvalue weighted by Gasteiger charge is 2.27. The Balaban J connectivity index is 1.78. The summed E-state index contributed by atoms with van der Waals surface area (Å²) in [5, 5.41) is 3.37. The SMILES string of the molecule is CCOc1ccc(N(CC(=O)NCCc2ccc(Cl)cc2)S(=O)(=O)c2ccc(F)cc2)cc1. The molecule has 174 valence electrons. The topological polar surface area (TPSA) is 75.7 Å². The molecule has 9 heteroatoms. The predicted molar refractivity (Wildman–Crippen MR) is 127 cm³/mol. The van der Waals surface area contributed by atoms with Gasteiger partial charge < -0.3 is 10.1 Å². The molecule has 1 N–H and O–H groups in total. The summed E-state index contributed by atoms with van der Waals surface area (Å²) in [7, 11) is -4.12. The molecule has 3 aromatic rings. The molecule has 3 rings (SSSR count). The second kappa shape index (κ2) is 11.2. The van der Waals surface area contributed by atoms with E-state index in [0.717, 1.165) is 22.0 Å². The van der Waals surface area contributed by atoms with Crippen LogP contribution in [0.25, 0.3) is 0 Å². The van der Waals surface area contributed by atoms with Crippen molar-refractivity contribution in [3.8, 4) is 5.75 Å². The largest absolute Gasteiger partial charge is 0.494 e. The van der Waals surface area contributed by atoms with Gasteiger partial charge in [0.25, 0.3) is 10.0 Å². The van der Waals surface area contributed by atoms with Gasteiger partial charge in [-0.05, 0) is 79.6 Å². The van der Waals surface area contributed by atoms with Gasteiger partial charge in [0.2, 0.25) is 5.91 Å². The molecular weight excluding hydrogens is 467 g/mol. The summed E-state index contributed by atoms with van der Waals surface area (Å²) in [6.07, 6.45) is 0.566. The fraction of sp³-hybridized carbons (Fsp3) is 0.208. The Hall–Kier alpha value is -3.10. The minimum Gasteiger partial charge on any atom is -0.494 e. The van der Waals surface area contributed by atoms with Crippen molar-refractivity contribution in [1.82, 2.24) is 5.32 Å². The molecular formula is C24H24ClFN2O4S. The van der Waals surface area contributed by atoms with Crippen LogP contribution in [0, 0.1) is 5.82 Å². The maximum atomic E-state index is 13.3. The number of nitrogens with one attached hydrogen (secondary N) is 1. The van der Waals surface area contributed by atoms with Crippen LogP contribution < -0.4 is 14.4 Å².